The molecule has 0 aliphatic carbocycles. The SMILES string of the molecule is CC(C)CCN(C(=O)c1cccc([N+](=O)[O-])c1)C(C)c1nc2ccccc2c(=O)n1-c1ccc(Cl)cc1. The molecule has 0 saturated carbocycles. The van der Waals surface area contributed by atoms with E-state index in [0.29, 0.717) is 46.3 Å². The van der Waals surface area contributed by atoms with E-state index >= 15 is 0 Å². The van der Waals surface area contributed by atoms with Crippen molar-refractivity contribution in [3.63, 3.8) is 0 Å². The van der Waals surface area contributed by atoms with Crippen molar-refractivity contribution in [3.05, 3.63) is 110 Å². The number of fused-ring (bicyclic) bond motifs is 1. The number of amides is 1. The summed E-state index contributed by atoms with van der Waals surface area (Å²) in [6, 6.07) is 19.0. The first kappa shape index (κ1) is 26.0. The van der Waals surface area contributed by atoms with Crippen LogP contribution in [0, 0.1) is 16.0 Å². The van der Waals surface area contributed by atoms with Crippen molar-refractivity contribution in [2.75, 3.05) is 6.54 Å². The lowest BCUT2D eigenvalue weighted by Crippen LogP contribution is -2.38. The molecule has 1 aromatic heterocycles. The molecule has 0 aliphatic heterocycles. The molecule has 0 saturated heterocycles. The summed E-state index contributed by atoms with van der Waals surface area (Å²) in [7, 11) is 0. The van der Waals surface area contributed by atoms with Crippen molar-refractivity contribution < 1.29 is 9.72 Å². The van der Waals surface area contributed by atoms with Gasteiger partial charge in [-0.3, -0.25) is 24.3 Å². The minimum absolute atomic E-state index is 0.163. The molecule has 0 N–H and O–H groups in total. The normalized spacial score (nSPS) is 12.0. The number of hydrogen-bond acceptors (Lipinski definition) is 5. The van der Waals surface area contributed by atoms with Gasteiger partial charge in [-0.25, -0.2) is 4.98 Å². The molecule has 4 rings (SSSR count). The Hall–Kier alpha value is -4.04. The second kappa shape index (κ2) is 10.9. The third-order valence-corrected chi connectivity index (χ3v) is 6.49. The minimum atomic E-state index is -0.626. The first-order valence-corrected chi connectivity index (χ1v) is 12.4. The monoisotopic (exact) mass is 518 g/mol. The Morgan fingerprint density at radius 2 is 1.76 bits per heavy atom. The lowest BCUT2D eigenvalue weighted by atomic mass is 10.1. The molecule has 0 aliphatic rings. The molecule has 190 valence electrons. The van der Waals surface area contributed by atoms with Gasteiger partial charge in [0.15, 0.2) is 0 Å². The topological polar surface area (TPSA) is 98.3 Å². The van der Waals surface area contributed by atoms with Gasteiger partial charge in [0.05, 0.1) is 27.6 Å². The van der Waals surface area contributed by atoms with E-state index in [0.717, 1.165) is 0 Å². The van der Waals surface area contributed by atoms with E-state index < -0.39 is 11.0 Å². The highest BCUT2D eigenvalue weighted by atomic mass is 35.5. The molecule has 8 nitrogen and oxygen atoms in total. The highest BCUT2D eigenvalue weighted by Crippen LogP contribution is 2.27. The number of nitro benzene ring substituents is 1. The number of non-ortho nitro benzene ring substituents is 1. The van der Waals surface area contributed by atoms with Gasteiger partial charge < -0.3 is 4.90 Å². The molecule has 3 aromatic carbocycles. The van der Waals surface area contributed by atoms with Crippen LogP contribution in [0.3, 0.4) is 0 Å². The first-order chi connectivity index (χ1) is 17.7. The molecule has 1 unspecified atom stereocenters. The Balaban J connectivity index is 1.89. The smallest absolute Gasteiger partial charge is 0.270 e. The summed E-state index contributed by atoms with van der Waals surface area (Å²) < 4.78 is 1.51. The van der Waals surface area contributed by atoms with Crippen LogP contribution in [0.2, 0.25) is 5.02 Å². The van der Waals surface area contributed by atoms with Crippen LogP contribution in [0.5, 0.6) is 0 Å². The number of aromatic nitrogens is 2. The van der Waals surface area contributed by atoms with Gasteiger partial charge in [0.1, 0.15) is 5.82 Å². The van der Waals surface area contributed by atoms with Gasteiger partial charge >= 0.3 is 0 Å². The second-order valence-electron chi connectivity index (χ2n) is 9.27. The zero-order chi connectivity index (χ0) is 26.7. The van der Waals surface area contributed by atoms with Gasteiger partial charge in [-0.2, -0.15) is 0 Å². The Kier molecular flexibility index (Phi) is 7.69. The maximum atomic E-state index is 13.8. The van der Waals surface area contributed by atoms with Crippen LogP contribution in [0.25, 0.3) is 16.6 Å². The summed E-state index contributed by atoms with van der Waals surface area (Å²) >= 11 is 6.10. The maximum absolute atomic E-state index is 13.8. The average molecular weight is 519 g/mol. The molecule has 9 heteroatoms. The number of para-hydroxylation sites is 1. The summed E-state index contributed by atoms with van der Waals surface area (Å²) in [5.74, 6) is 0.311. The Labute approximate surface area is 219 Å². The number of nitro groups is 1. The van der Waals surface area contributed by atoms with E-state index in [1.807, 2.05) is 6.92 Å². The molecule has 0 bridgehead atoms. The highest BCUT2D eigenvalue weighted by molar-refractivity contribution is 6.30. The number of benzene rings is 3. The summed E-state index contributed by atoms with van der Waals surface area (Å²) in [5, 5.41) is 12.3. The van der Waals surface area contributed by atoms with E-state index in [1.165, 1.54) is 22.8 Å². The van der Waals surface area contributed by atoms with E-state index in [1.54, 1.807) is 59.5 Å². The predicted molar refractivity (Wildman–Crippen MR) is 144 cm³/mol. The second-order valence-corrected chi connectivity index (χ2v) is 9.71. The maximum Gasteiger partial charge on any atom is 0.270 e. The fraction of sp³-hybridized carbons (Fsp3) is 0.250. The quantitative estimate of drug-likeness (QED) is 0.204. The zero-order valence-electron chi connectivity index (χ0n) is 20.8. The third kappa shape index (κ3) is 5.54. The summed E-state index contributed by atoms with van der Waals surface area (Å²) in [6.07, 6.45) is 0.698. The van der Waals surface area contributed by atoms with E-state index in [-0.39, 0.29) is 22.7 Å². The molecule has 1 atom stereocenters. The van der Waals surface area contributed by atoms with Crippen LogP contribution < -0.4 is 5.56 Å². The number of halogens is 1. The molecule has 1 amide bonds. The van der Waals surface area contributed by atoms with Crippen LogP contribution in [-0.4, -0.2) is 31.8 Å². The molecule has 0 fully saturated rings. The van der Waals surface area contributed by atoms with Crippen LogP contribution in [0.15, 0.2) is 77.6 Å². The van der Waals surface area contributed by atoms with Crippen molar-refractivity contribution >= 4 is 34.1 Å². The van der Waals surface area contributed by atoms with E-state index in [9.17, 15) is 19.7 Å². The van der Waals surface area contributed by atoms with Crippen molar-refractivity contribution in [3.8, 4) is 5.69 Å². The highest BCUT2D eigenvalue weighted by Gasteiger charge is 2.28. The standard InChI is InChI=1S/C28H27ClN4O4/c1-18(2)15-16-31(27(34)20-7-6-8-23(17-20)33(36)37)19(3)26-30-25-10-5-4-9-24(25)28(35)32(26)22-13-11-21(29)12-14-22/h4-14,17-19H,15-16H2,1-3H3. The molecule has 0 spiro atoms. The van der Waals surface area contributed by atoms with Crippen LogP contribution >= 0.6 is 11.6 Å². The average Bonchev–Trinajstić information content (AvgIpc) is 2.89. The number of carbonyl (C=O) groups is 1. The van der Waals surface area contributed by atoms with Gasteiger partial charge in [0, 0.05) is 29.3 Å². The van der Waals surface area contributed by atoms with Gasteiger partial charge in [0.2, 0.25) is 0 Å². The van der Waals surface area contributed by atoms with Gasteiger partial charge in [-0.1, -0.05) is 43.6 Å². The third-order valence-electron chi connectivity index (χ3n) is 6.24. The molecule has 1 heterocycles. The predicted octanol–water partition coefficient (Wildman–Crippen LogP) is 6.20. The van der Waals surface area contributed by atoms with Crippen LogP contribution in [0.4, 0.5) is 5.69 Å². The number of nitrogens with zero attached hydrogens (tertiary/aromatic N) is 4. The fourth-order valence-corrected chi connectivity index (χ4v) is 4.32. The van der Waals surface area contributed by atoms with Crippen molar-refractivity contribution in [1.29, 1.82) is 0 Å². The summed E-state index contributed by atoms with van der Waals surface area (Å²) in [5.41, 5.74) is 0.865. The van der Waals surface area contributed by atoms with Crippen molar-refractivity contribution in [2.24, 2.45) is 5.92 Å². The lowest BCUT2D eigenvalue weighted by Gasteiger charge is -2.31. The van der Waals surface area contributed by atoms with Gasteiger partial charge in [0.25, 0.3) is 17.2 Å². The fourth-order valence-electron chi connectivity index (χ4n) is 4.20. The Morgan fingerprint density at radius 3 is 2.43 bits per heavy atom. The van der Waals surface area contributed by atoms with Crippen LogP contribution in [0.1, 0.15) is 49.4 Å². The van der Waals surface area contributed by atoms with Crippen LogP contribution in [-0.2, 0) is 0 Å². The molecule has 4 aromatic rings. The van der Waals surface area contributed by atoms with Gasteiger partial charge in [-0.15, -0.1) is 0 Å². The number of rotatable bonds is 8. The molecule has 0 radical (unpaired) electrons. The molecular formula is C28H27ClN4O4. The number of carbonyl (C=O) groups excluding carboxylic acids is 1. The summed E-state index contributed by atoms with van der Waals surface area (Å²) in [4.78, 5) is 44.7. The molecule has 37 heavy (non-hydrogen) atoms. The largest absolute Gasteiger partial charge is 0.329 e. The molecular weight excluding hydrogens is 492 g/mol. The Morgan fingerprint density at radius 1 is 1.05 bits per heavy atom. The minimum Gasteiger partial charge on any atom is -0.329 e. The first-order valence-electron chi connectivity index (χ1n) is 12.0. The lowest BCUT2D eigenvalue weighted by molar-refractivity contribution is -0.384. The van der Waals surface area contributed by atoms with Gasteiger partial charge in [-0.05, 0) is 61.7 Å². The van der Waals surface area contributed by atoms with Crippen molar-refractivity contribution in [2.45, 2.75) is 33.2 Å². The van der Waals surface area contributed by atoms with E-state index in [4.69, 9.17) is 16.6 Å². The summed E-state index contributed by atoms with van der Waals surface area (Å²) in [6.45, 7) is 6.30. The van der Waals surface area contributed by atoms with E-state index in [2.05, 4.69) is 13.8 Å². The number of hydrogen-bond donors (Lipinski definition) is 0. The Bertz CT molecular complexity index is 1520. The zero-order valence-corrected chi connectivity index (χ0v) is 21.6. The van der Waals surface area contributed by atoms with Crippen molar-refractivity contribution in [1.82, 2.24) is 14.5 Å².